The molecule has 4 atom stereocenters. The van der Waals surface area contributed by atoms with Crippen molar-refractivity contribution in [3.8, 4) is 0 Å². The molecule has 2 aliphatic rings. The summed E-state index contributed by atoms with van der Waals surface area (Å²) < 4.78 is 6.71. The Bertz CT molecular complexity index is 1340. The minimum absolute atomic E-state index is 0.136. The van der Waals surface area contributed by atoms with Crippen LogP contribution in [0, 0.1) is 11.8 Å². The average molecular weight is 638 g/mol. The quantitative estimate of drug-likeness (QED) is 0.169. The van der Waals surface area contributed by atoms with Gasteiger partial charge in [-0.05, 0) is 85.4 Å². The van der Waals surface area contributed by atoms with Crippen LogP contribution >= 0.6 is 23.4 Å². The Labute approximate surface area is 270 Å². The van der Waals surface area contributed by atoms with E-state index < -0.39 is 11.9 Å². The van der Waals surface area contributed by atoms with Gasteiger partial charge >= 0.3 is 11.9 Å². The van der Waals surface area contributed by atoms with Crippen LogP contribution in [0.2, 0.25) is 0 Å². The lowest BCUT2D eigenvalue weighted by Crippen LogP contribution is -2.36. The number of halogens is 1. The largest absolute Gasteiger partial charge is 0.481 e. The van der Waals surface area contributed by atoms with Crippen molar-refractivity contribution in [1.29, 1.82) is 0 Å². The fourth-order valence-corrected chi connectivity index (χ4v) is 7.53. The molecule has 2 aromatic carbocycles. The first-order valence-electron chi connectivity index (χ1n) is 15.5. The van der Waals surface area contributed by atoms with E-state index in [1.165, 1.54) is 10.5 Å². The van der Waals surface area contributed by atoms with Crippen molar-refractivity contribution in [2.75, 3.05) is 19.7 Å². The zero-order chi connectivity index (χ0) is 31.5. The summed E-state index contributed by atoms with van der Waals surface area (Å²) in [6, 6.07) is 17.6. The van der Waals surface area contributed by atoms with E-state index >= 15 is 0 Å². The normalized spacial score (nSPS) is 20.6. The lowest BCUT2D eigenvalue weighted by atomic mass is 9.94. The molecule has 8 heteroatoms. The van der Waals surface area contributed by atoms with E-state index in [0.29, 0.717) is 49.7 Å². The molecular weight excluding hydrogens is 594 g/mol. The maximum atomic E-state index is 11.4. The number of aliphatic carboxylic acids is 1. The molecule has 0 saturated heterocycles. The molecule has 236 valence electrons. The zero-order valence-electron chi connectivity index (χ0n) is 25.7. The molecule has 1 aliphatic heterocycles. The number of nitrogens with zero attached hydrogens (tertiary/aromatic N) is 1. The monoisotopic (exact) mass is 637 g/mol. The molecule has 2 N–H and O–H groups in total. The smallest absolute Gasteiger partial charge is 0.335 e. The number of benzene rings is 2. The number of aromatic carboxylic acids is 1. The molecule has 0 radical (unpaired) electrons. The number of carboxylic acids is 2. The third-order valence-electron chi connectivity index (χ3n) is 8.16. The summed E-state index contributed by atoms with van der Waals surface area (Å²) in [5, 5.41) is 19.8. The summed E-state index contributed by atoms with van der Waals surface area (Å²) in [4.78, 5) is 26.0. The lowest BCUT2D eigenvalue weighted by Gasteiger charge is -2.30. The third kappa shape index (κ3) is 11.0. The second-order valence-corrected chi connectivity index (χ2v) is 13.9. The summed E-state index contributed by atoms with van der Waals surface area (Å²) in [5.41, 5.74) is 3.69. The topological polar surface area (TPSA) is 87.1 Å². The van der Waals surface area contributed by atoms with Crippen molar-refractivity contribution < 1.29 is 24.5 Å². The van der Waals surface area contributed by atoms with Crippen LogP contribution in [0.4, 0.5) is 0 Å². The van der Waals surface area contributed by atoms with Gasteiger partial charge in [0.1, 0.15) is 0 Å². The van der Waals surface area contributed by atoms with Gasteiger partial charge in [-0.25, -0.2) is 4.79 Å². The Morgan fingerprint density at radius 3 is 2.45 bits per heavy atom. The van der Waals surface area contributed by atoms with Gasteiger partial charge in [-0.2, -0.15) is 0 Å². The van der Waals surface area contributed by atoms with Gasteiger partial charge in [0.25, 0.3) is 0 Å². The van der Waals surface area contributed by atoms with E-state index in [4.69, 9.17) is 21.4 Å². The van der Waals surface area contributed by atoms with Gasteiger partial charge in [-0.1, -0.05) is 80.1 Å². The van der Waals surface area contributed by atoms with Crippen LogP contribution in [-0.4, -0.2) is 58.1 Å². The molecule has 1 aliphatic carbocycles. The highest BCUT2D eigenvalue weighted by Gasteiger charge is 2.27. The number of ether oxygens (including phenoxy) is 1. The lowest BCUT2D eigenvalue weighted by molar-refractivity contribution is -0.137. The molecule has 44 heavy (non-hydrogen) atoms. The van der Waals surface area contributed by atoms with Crippen LogP contribution in [-0.2, 0) is 22.5 Å². The van der Waals surface area contributed by atoms with Gasteiger partial charge < -0.3 is 14.9 Å². The van der Waals surface area contributed by atoms with E-state index in [-0.39, 0.29) is 18.1 Å². The van der Waals surface area contributed by atoms with Crippen molar-refractivity contribution in [2.45, 2.75) is 70.3 Å². The van der Waals surface area contributed by atoms with E-state index in [9.17, 15) is 14.7 Å². The van der Waals surface area contributed by atoms with Crippen LogP contribution in [0.25, 0.3) is 0 Å². The third-order valence-corrected chi connectivity index (χ3v) is 9.95. The summed E-state index contributed by atoms with van der Waals surface area (Å²) in [6.07, 6.45) is 10.9. The molecular formula is C36H44ClNO5S. The first-order chi connectivity index (χ1) is 21.2. The van der Waals surface area contributed by atoms with Crippen LogP contribution in [0.3, 0.4) is 0 Å². The number of allylic oxidation sites excluding steroid dienone is 3. The first-order valence-corrected chi connectivity index (χ1v) is 16.8. The number of rotatable bonds is 17. The number of hydrogen-bond donors (Lipinski definition) is 2. The second-order valence-electron chi connectivity index (χ2n) is 12.0. The van der Waals surface area contributed by atoms with E-state index in [1.807, 2.05) is 30.0 Å². The fourth-order valence-electron chi connectivity index (χ4n) is 5.81. The van der Waals surface area contributed by atoms with Crippen molar-refractivity contribution >= 4 is 35.3 Å². The Morgan fingerprint density at radius 1 is 1.02 bits per heavy atom. The SMILES string of the molecule is CC1C=C(C(CN(CCCCC(=O)O)Cc2ccc(C(=O)O)cc2)OCC2=CC(C)C(CCc3ccccc3)S2)C=C(Cl)C1. The molecule has 0 bridgehead atoms. The van der Waals surface area contributed by atoms with Crippen LogP contribution in [0.15, 0.2) is 88.3 Å². The van der Waals surface area contributed by atoms with Gasteiger partial charge in [-0.3, -0.25) is 9.69 Å². The minimum atomic E-state index is -0.951. The summed E-state index contributed by atoms with van der Waals surface area (Å²) in [5.74, 6) is -0.956. The first kappa shape index (κ1) is 34.0. The van der Waals surface area contributed by atoms with E-state index in [0.717, 1.165) is 41.9 Å². The molecule has 2 aromatic rings. The highest BCUT2D eigenvalue weighted by atomic mass is 35.5. The van der Waals surface area contributed by atoms with Crippen molar-refractivity contribution in [3.63, 3.8) is 0 Å². The average Bonchev–Trinajstić information content (AvgIpc) is 3.35. The van der Waals surface area contributed by atoms with Crippen LogP contribution in [0.5, 0.6) is 0 Å². The van der Waals surface area contributed by atoms with Crippen LogP contribution < -0.4 is 0 Å². The zero-order valence-corrected chi connectivity index (χ0v) is 27.2. The molecule has 4 unspecified atom stereocenters. The van der Waals surface area contributed by atoms with Crippen molar-refractivity contribution in [1.82, 2.24) is 4.90 Å². The van der Waals surface area contributed by atoms with Crippen LogP contribution in [0.1, 0.15) is 67.4 Å². The second kappa shape index (κ2) is 17.0. The van der Waals surface area contributed by atoms with Gasteiger partial charge in [-0.15, -0.1) is 11.8 Å². The Morgan fingerprint density at radius 2 is 1.77 bits per heavy atom. The summed E-state index contributed by atoms with van der Waals surface area (Å²) in [7, 11) is 0. The molecule has 0 fully saturated rings. The van der Waals surface area contributed by atoms with Gasteiger partial charge in [0.15, 0.2) is 0 Å². The number of aryl methyl sites for hydroxylation is 1. The summed E-state index contributed by atoms with van der Waals surface area (Å²) in [6.45, 7) is 6.88. The van der Waals surface area contributed by atoms with Gasteiger partial charge in [0.05, 0.1) is 18.3 Å². The summed E-state index contributed by atoms with van der Waals surface area (Å²) >= 11 is 8.50. The van der Waals surface area contributed by atoms with Gasteiger partial charge in [0.2, 0.25) is 0 Å². The predicted octanol–water partition coefficient (Wildman–Crippen LogP) is 8.18. The highest BCUT2D eigenvalue weighted by Crippen LogP contribution is 2.39. The Hall–Kier alpha value is -2.84. The van der Waals surface area contributed by atoms with Gasteiger partial charge in [0, 0.05) is 34.7 Å². The van der Waals surface area contributed by atoms with Crippen molar-refractivity contribution in [2.24, 2.45) is 11.8 Å². The van der Waals surface area contributed by atoms with E-state index in [1.54, 1.807) is 12.1 Å². The maximum absolute atomic E-state index is 11.4. The Kier molecular flexibility index (Phi) is 13.2. The standard InChI is InChI=1S/C36H44ClNO5S/c1-25-18-30(21-31(37)19-25)33(43-24-32-20-26(2)34(44-32)16-13-27-8-4-3-5-9-27)23-38(17-7-6-10-35(39)40)22-28-11-14-29(15-12-28)36(41)42/h3-5,8-9,11-12,14-15,18,20-21,25-26,33-34H,6-7,10,13,16-17,19,22-24H2,1-2H3,(H,39,40)(H,41,42). The van der Waals surface area contributed by atoms with Crippen molar-refractivity contribution in [3.05, 3.63) is 105 Å². The molecule has 0 spiro atoms. The Balaban J connectivity index is 1.45. The number of hydrogen-bond acceptors (Lipinski definition) is 5. The molecule has 1 heterocycles. The highest BCUT2D eigenvalue weighted by molar-refractivity contribution is 8.04. The molecule has 0 amide bonds. The fraction of sp³-hybridized carbons (Fsp3) is 0.444. The minimum Gasteiger partial charge on any atom is -0.481 e. The molecule has 0 saturated carbocycles. The molecule has 4 rings (SSSR count). The molecule has 0 aromatic heterocycles. The number of unbranched alkanes of at least 4 members (excludes halogenated alkanes) is 1. The predicted molar refractivity (Wildman–Crippen MR) is 179 cm³/mol. The number of carboxylic acid groups (broad SMARTS) is 2. The number of thioether (sulfide) groups is 1. The van der Waals surface area contributed by atoms with E-state index in [2.05, 4.69) is 61.2 Å². The number of carbonyl (C=O) groups is 2. The molecule has 6 nitrogen and oxygen atoms in total. The maximum Gasteiger partial charge on any atom is 0.335 e.